The summed E-state index contributed by atoms with van der Waals surface area (Å²) in [6.07, 6.45) is -5.10. The number of aliphatic hydroxyl groups excluding tert-OH is 4. The molecule has 1 aliphatic rings. The van der Waals surface area contributed by atoms with Crippen molar-refractivity contribution in [3.8, 4) is 0 Å². The third-order valence-corrected chi connectivity index (χ3v) is 5.64. The average molecular weight is 411 g/mol. The van der Waals surface area contributed by atoms with Crippen molar-refractivity contribution in [2.75, 3.05) is 16.6 Å². The first-order valence-electron chi connectivity index (χ1n) is 8.43. The zero-order valence-corrected chi connectivity index (χ0v) is 15.4. The number of nitrogens with one attached hydrogen (secondary N) is 2. The summed E-state index contributed by atoms with van der Waals surface area (Å²) in [6.45, 7) is -0.542. The molecule has 1 aliphatic heterocycles. The summed E-state index contributed by atoms with van der Waals surface area (Å²) in [4.78, 5) is 3.91. The lowest BCUT2D eigenvalue weighted by atomic mass is 9.98. The summed E-state index contributed by atoms with van der Waals surface area (Å²) in [5.41, 5.74) is 0.404. The van der Waals surface area contributed by atoms with Crippen molar-refractivity contribution in [2.45, 2.75) is 35.5 Å². The van der Waals surface area contributed by atoms with Gasteiger partial charge in [-0.25, -0.2) is 13.4 Å². The molecule has 28 heavy (non-hydrogen) atoms. The van der Waals surface area contributed by atoms with Gasteiger partial charge in [0, 0.05) is 11.9 Å². The zero-order chi connectivity index (χ0) is 20.3. The van der Waals surface area contributed by atoms with Gasteiger partial charge in [0.15, 0.2) is 6.23 Å². The molecule has 0 aliphatic carbocycles. The third kappa shape index (κ3) is 4.41. The summed E-state index contributed by atoms with van der Waals surface area (Å²) in [5, 5.41) is 41.6. The number of pyridine rings is 1. The van der Waals surface area contributed by atoms with Crippen LogP contribution in [-0.4, -0.2) is 71.1 Å². The maximum atomic E-state index is 12.4. The minimum atomic E-state index is -3.83. The molecule has 2 aromatic rings. The van der Waals surface area contributed by atoms with E-state index in [1.165, 1.54) is 36.5 Å². The molecule has 2 heterocycles. The monoisotopic (exact) mass is 411 g/mol. The second-order valence-electron chi connectivity index (χ2n) is 6.24. The standard InChI is InChI=1S/C17H21N3O7S/c21-9-12-14(22)15(23)16(24)17(27-12)19-10-4-6-11(7-5-10)28(25,26)20-13-3-1-2-8-18-13/h1-8,12,14-17,19,21-24H,9H2,(H,18,20)/t12-,14-,15+,16-,17?/m1/s1. The molecule has 1 fully saturated rings. The topological polar surface area (TPSA) is 161 Å². The Morgan fingerprint density at radius 2 is 1.71 bits per heavy atom. The van der Waals surface area contributed by atoms with Gasteiger partial charge in [-0.2, -0.15) is 0 Å². The molecule has 152 valence electrons. The van der Waals surface area contributed by atoms with Gasteiger partial charge in [-0.05, 0) is 36.4 Å². The molecule has 6 N–H and O–H groups in total. The van der Waals surface area contributed by atoms with E-state index in [2.05, 4.69) is 15.0 Å². The number of anilines is 2. The van der Waals surface area contributed by atoms with Crippen LogP contribution in [0.15, 0.2) is 53.6 Å². The molecule has 0 spiro atoms. The van der Waals surface area contributed by atoms with E-state index < -0.39 is 47.3 Å². The molecule has 1 aromatic carbocycles. The first kappa shape index (κ1) is 20.5. The molecule has 0 radical (unpaired) electrons. The molecule has 0 bridgehead atoms. The highest BCUT2D eigenvalue weighted by atomic mass is 32.2. The van der Waals surface area contributed by atoms with Gasteiger partial charge in [-0.3, -0.25) is 4.72 Å². The lowest BCUT2D eigenvalue weighted by Crippen LogP contribution is -2.60. The third-order valence-electron chi connectivity index (χ3n) is 4.27. The Morgan fingerprint density at radius 3 is 2.32 bits per heavy atom. The van der Waals surface area contributed by atoms with E-state index in [1.54, 1.807) is 12.1 Å². The van der Waals surface area contributed by atoms with Crippen LogP contribution in [0.5, 0.6) is 0 Å². The van der Waals surface area contributed by atoms with Crippen LogP contribution in [0.2, 0.25) is 0 Å². The Bertz CT molecular complexity index is 877. The average Bonchev–Trinajstić information content (AvgIpc) is 2.69. The van der Waals surface area contributed by atoms with Crippen molar-refractivity contribution in [2.24, 2.45) is 0 Å². The predicted octanol–water partition coefficient (Wildman–Crippen LogP) is -0.906. The van der Waals surface area contributed by atoms with Gasteiger partial charge < -0.3 is 30.5 Å². The van der Waals surface area contributed by atoms with Crippen molar-refractivity contribution in [1.29, 1.82) is 0 Å². The molecule has 3 rings (SSSR count). The van der Waals surface area contributed by atoms with Crippen LogP contribution in [0.3, 0.4) is 0 Å². The van der Waals surface area contributed by atoms with E-state index in [0.717, 1.165) is 0 Å². The summed E-state index contributed by atoms with van der Waals surface area (Å²) in [5.74, 6) is 0.186. The predicted molar refractivity (Wildman–Crippen MR) is 98.9 cm³/mol. The molecular weight excluding hydrogens is 390 g/mol. The maximum Gasteiger partial charge on any atom is 0.263 e. The van der Waals surface area contributed by atoms with E-state index in [0.29, 0.717) is 5.69 Å². The zero-order valence-electron chi connectivity index (χ0n) is 14.6. The number of benzene rings is 1. The molecule has 1 saturated heterocycles. The fourth-order valence-electron chi connectivity index (χ4n) is 2.74. The van der Waals surface area contributed by atoms with Gasteiger partial charge >= 0.3 is 0 Å². The molecule has 11 heteroatoms. The highest BCUT2D eigenvalue weighted by Gasteiger charge is 2.43. The van der Waals surface area contributed by atoms with Crippen LogP contribution in [0.1, 0.15) is 0 Å². The number of aromatic nitrogens is 1. The van der Waals surface area contributed by atoms with Crippen LogP contribution in [0, 0.1) is 0 Å². The summed E-state index contributed by atoms with van der Waals surface area (Å²) < 4.78 is 32.5. The number of nitrogens with zero attached hydrogens (tertiary/aromatic N) is 1. The Labute approximate surface area is 161 Å². The SMILES string of the molecule is O=S(=O)(Nc1ccccn1)c1ccc(NC2O[C@H](CO)[C@@H](O)[C@H](O)[C@H]2O)cc1. The van der Waals surface area contributed by atoms with Gasteiger partial charge in [-0.15, -0.1) is 0 Å². The smallest absolute Gasteiger partial charge is 0.263 e. The Hall–Kier alpha value is -2.28. The fourth-order valence-corrected chi connectivity index (χ4v) is 3.74. The first-order valence-corrected chi connectivity index (χ1v) is 9.91. The molecule has 0 amide bonds. The molecule has 5 atom stereocenters. The van der Waals surface area contributed by atoms with Crippen LogP contribution in [-0.2, 0) is 14.8 Å². The molecular formula is C17H21N3O7S. The highest BCUT2D eigenvalue weighted by Crippen LogP contribution is 2.24. The van der Waals surface area contributed by atoms with E-state index in [-0.39, 0.29) is 10.7 Å². The lowest BCUT2D eigenvalue weighted by Gasteiger charge is -2.40. The van der Waals surface area contributed by atoms with Crippen molar-refractivity contribution in [3.63, 3.8) is 0 Å². The van der Waals surface area contributed by atoms with Crippen molar-refractivity contribution in [3.05, 3.63) is 48.7 Å². The van der Waals surface area contributed by atoms with Crippen LogP contribution in [0.25, 0.3) is 0 Å². The summed E-state index contributed by atoms with van der Waals surface area (Å²) >= 11 is 0. The molecule has 0 saturated carbocycles. The second kappa shape index (κ2) is 8.39. The summed E-state index contributed by atoms with van der Waals surface area (Å²) in [6, 6.07) is 10.4. The second-order valence-corrected chi connectivity index (χ2v) is 7.92. The first-order chi connectivity index (χ1) is 13.3. The lowest BCUT2D eigenvalue weighted by molar-refractivity contribution is -0.221. The quantitative estimate of drug-likeness (QED) is 0.354. The largest absolute Gasteiger partial charge is 0.394 e. The van der Waals surface area contributed by atoms with Crippen LogP contribution >= 0.6 is 0 Å². The number of ether oxygens (including phenoxy) is 1. The highest BCUT2D eigenvalue weighted by molar-refractivity contribution is 7.92. The maximum absolute atomic E-state index is 12.4. The Morgan fingerprint density at radius 1 is 1.00 bits per heavy atom. The van der Waals surface area contributed by atoms with E-state index in [4.69, 9.17) is 4.74 Å². The minimum Gasteiger partial charge on any atom is -0.394 e. The van der Waals surface area contributed by atoms with Crippen LogP contribution in [0.4, 0.5) is 11.5 Å². The van der Waals surface area contributed by atoms with Crippen molar-refractivity contribution < 1.29 is 33.6 Å². The fraction of sp³-hybridized carbons (Fsp3) is 0.353. The number of aliphatic hydroxyl groups is 4. The van der Waals surface area contributed by atoms with E-state index in [1.807, 2.05) is 0 Å². The molecule has 10 nitrogen and oxygen atoms in total. The van der Waals surface area contributed by atoms with Crippen LogP contribution < -0.4 is 10.0 Å². The van der Waals surface area contributed by atoms with Gasteiger partial charge in [0.2, 0.25) is 0 Å². The summed E-state index contributed by atoms with van der Waals surface area (Å²) in [7, 11) is -3.83. The minimum absolute atomic E-state index is 0.00231. The number of hydrogen-bond donors (Lipinski definition) is 6. The normalized spacial score (nSPS) is 27.9. The van der Waals surface area contributed by atoms with Crippen molar-refractivity contribution >= 4 is 21.5 Å². The van der Waals surface area contributed by atoms with Gasteiger partial charge in [0.25, 0.3) is 10.0 Å². The number of sulfonamides is 1. The van der Waals surface area contributed by atoms with E-state index in [9.17, 15) is 28.8 Å². The Balaban J connectivity index is 1.70. The van der Waals surface area contributed by atoms with Gasteiger partial charge in [0.1, 0.15) is 30.2 Å². The number of rotatable bonds is 6. The van der Waals surface area contributed by atoms with Gasteiger partial charge in [-0.1, -0.05) is 6.07 Å². The van der Waals surface area contributed by atoms with E-state index >= 15 is 0 Å². The van der Waals surface area contributed by atoms with Gasteiger partial charge in [0.05, 0.1) is 11.5 Å². The number of hydrogen-bond acceptors (Lipinski definition) is 9. The molecule has 1 unspecified atom stereocenters. The van der Waals surface area contributed by atoms with Crippen molar-refractivity contribution in [1.82, 2.24) is 4.98 Å². The Kier molecular flexibility index (Phi) is 6.13. The molecule has 1 aromatic heterocycles.